The molecule has 0 aromatic heterocycles. The minimum absolute atomic E-state index is 0.237. The van der Waals surface area contributed by atoms with Crippen LogP contribution >= 0.6 is 0 Å². The van der Waals surface area contributed by atoms with Crippen LogP contribution in [-0.2, 0) is 11.3 Å². The molecule has 15 heavy (non-hydrogen) atoms. The van der Waals surface area contributed by atoms with Gasteiger partial charge in [-0.3, -0.25) is 0 Å². The molecule has 0 aliphatic heterocycles. The van der Waals surface area contributed by atoms with Crippen LogP contribution in [-0.4, -0.2) is 12.6 Å². The van der Waals surface area contributed by atoms with E-state index in [1.54, 1.807) is 0 Å². The fraction of sp³-hybridized carbons (Fsp3) is 0.385. The third-order valence-electron chi connectivity index (χ3n) is 1.91. The summed E-state index contributed by atoms with van der Waals surface area (Å²) in [5.41, 5.74) is 7.46. The van der Waals surface area contributed by atoms with Crippen LogP contribution in [0.4, 0.5) is 0 Å². The van der Waals surface area contributed by atoms with Gasteiger partial charge in [-0.05, 0) is 25.5 Å². The van der Waals surface area contributed by atoms with Crippen molar-refractivity contribution in [3.63, 3.8) is 0 Å². The van der Waals surface area contributed by atoms with Gasteiger partial charge in [0.15, 0.2) is 0 Å². The summed E-state index contributed by atoms with van der Waals surface area (Å²) >= 11 is 0. The molecule has 2 nitrogen and oxygen atoms in total. The molecule has 1 aromatic carbocycles. The van der Waals surface area contributed by atoms with E-state index in [0.717, 1.165) is 11.1 Å². The zero-order valence-corrected chi connectivity index (χ0v) is 9.29. The summed E-state index contributed by atoms with van der Waals surface area (Å²) in [7, 11) is 0. The van der Waals surface area contributed by atoms with E-state index in [-0.39, 0.29) is 6.10 Å². The highest BCUT2D eigenvalue weighted by atomic mass is 16.5. The summed E-state index contributed by atoms with van der Waals surface area (Å²) in [5, 5.41) is 0. The summed E-state index contributed by atoms with van der Waals surface area (Å²) in [6.45, 7) is 5.04. The molecule has 0 spiro atoms. The Labute approximate surface area is 91.4 Å². The van der Waals surface area contributed by atoms with E-state index in [2.05, 4.69) is 11.8 Å². The molecule has 0 atom stereocenters. The summed E-state index contributed by atoms with van der Waals surface area (Å²) < 4.78 is 5.55. The zero-order valence-electron chi connectivity index (χ0n) is 9.29. The first-order chi connectivity index (χ1) is 7.24. The largest absolute Gasteiger partial charge is 0.374 e. The predicted molar refractivity (Wildman–Crippen MR) is 62.3 cm³/mol. The maximum Gasteiger partial charge on any atom is 0.0732 e. The van der Waals surface area contributed by atoms with Gasteiger partial charge in [0, 0.05) is 5.56 Å². The van der Waals surface area contributed by atoms with E-state index in [0.29, 0.717) is 13.2 Å². The second-order valence-electron chi connectivity index (χ2n) is 3.52. The van der Waals surface area contributed by atoms with Crippen LogP contribution in [0.5, 0.6) is 0 Å². The minimum Gasteiger partial charge on any atom is -0.374 e. The van der Waals surface area contributed by atoms with Gasteiger partial charge in [-0.2, -0.15) is 0 Å². The Balaban J connectivity index is 2.77. The Morgan fingerprint density at radius 1 is 1.33 bits per heavy atom. The molecular weight excluding hydrogens is 186 g/mol. The van der Waals surface area contributed by atoms with E-state index in [1.807, 2.05) is 38.1 Å². The molecule has 0 saturated carbocycles. The van der Waals surface area contributed by atoms with Crippen LogP contribution in [0.15, 0.2) is 24.3 Å². The maximum absolute atomic E-state index is 5.55. The Hall–Kier alpha value is -1.30. The molecule has 0 fully saturated rings. The SMILES string of the molecule is CC(C)OCc1ccccc1C#CCN. The van der Waals surface area contributed by atoms with Gasteiger partial charge in [-0.1, -0.05) is 30.0 Å². The number of rotatable bonds is 3. The van der Waals surface area contributed by atoms with Crippen LogP contribution in [0.3, 0.4) is 0 Å². The van der Waals surface area contributed by atoms with Crippen molar-refractivity contribution in [2.45, 2.75) is 26.6 Å². The summed E-state index contributed by atoms with van der Waals surface area (Å²) in [5.74, 6) is 5.90. The molecule has 2 heteroatoms. The molecule has 1 rings (SSSR count). The highest BCUT2D eigenvalue weighted by Gasteiger charge is 2.00. The van der Waals surface area contributed by atoms with Crippen molar-refractivity contribution in [3.8, 4) is 11.8 Å². The van der Waals surface area contributed by atoms with Crippen molar-refractivity contribution in [2.75, 3.05) is 6.54 Å². The summed E-state index contributed by atoms with van der Waals surface area (Å²) in [6.07, 6.45) is 0.237. The lowest BCUT2D eigenvalue weighted by molar-refractivity contribution is 0.0656. The minimum atomic E-state index is 0.237. The Morgan fingerprint density at radius 3 is 2.73 bits per heavy atom. The van der Waals surface area contributed by atoms with Crippen LogP contribution < -0.4 is 5.73 Å². The quantitative estimate of drug-likeness (QED) is 0.762. The van der Waals surface area contributed by atoms with E-state index >= 15 is 0 Å². The summed E-state index contributed by atoms with van der Waals surface area (Å²) in [6, 6.07) is 7.98. The van der Waals surface area contributed by atoms with Gasteiger partial charge in [0.25, 0.3) is 0 Å². The number of hydrogen-bond donors (Lipinski definition) is 1. The highest BCUT2D eigenvalue weighted by molar-refractivity contribution is 5.41. The number of ether oxygens (including phenoxy) is 1. The molecule has 0 amide bonds. The monoisotopic (exact) mass is 203 g/mol. The Morgan fingerprint density at radius 2 is 2.07 bits per heavy atom. The topological polar surface area (TPSA) is 35.2 Å². The van der Waals surface area contributed by atoms with Crippen LogP contribution in [0.1, 0.15) is 25.0 Å². The van der Waals surface area contributed by atoms with Gasteiger partial charge in [-0.25, -0.2) is 0 Å². The van der Waals surface area contributed by atoms with E-state index in [4.69, 9.17) is 10.5 Å². The molecule has 2 N–H and O–H groups in total. The normalized spacial score (nSPS) is 9.87. The number of benzene rings is 1. The van der Waals surface area contributed by atoms with Crippen molar-refractivity contribution < 1.29 is 4.74 Å². The van der Waals surface area contributed by atoms with E-state index in [9.17, 15) is 0 Å². The highest BCUT2D eigenvalue weighted by Crippen LogP contribution is 2.09. The van der Waals surface area contributed by atoms with Gasteiger partial charge in [0.2, 0.25) is 0 Å². The van der Waals surface area contributed by atoms with E-state index < -0.39 is 0 Å². The lowest BCUT2D eigenvalue weighted by atomic mass is 10.1. The average Bonchev–Trinajstić information content (AvgIpc) is 2.24. The lowest BCUT2D eigenvalue weighted by Crippen LogP contribution is -2.03. The maximum atomic E-state index is 5.55. The fourth-order valence-electron chi connectivity index (χ4n) is 1.17. The second kappa shape index (κ2) is 6.23. The molecule has 0 saturated heterocycles. The van der Waals surface area contributed by atoms with Gasteiger partial charge in [-0.15, -0.1) is 0 Å². The molecule has 0 bridgehead atoms. The molecule has 0 unspecified atom stereocenters. The van der Waals surface area contributed by atoms with Crippen molar-refractivity contribution >= 4 is 0 Å². The first-order valence-corrected chi connectivity index (χ1v) is 5.12. The molecular formula is C13H17NO. The summed E-state index contributed by atoms with van der Waals surface area (Å²) in [4.78, 5) is 0. The van der Waals surface area contributed by atoms with Gasteiger partial charge in [0.05, 0.1) is 19.3 Å². The first kappa shape index (κ1) is 11.8. The van der Waals surface area contributed by atoms with Crippen molar-refractivity contribution in [1.82, 2.24) is 0 Å². The zero-order chi connectivity index (χ0) is 11.1. The van der Waals surface area contributed by atoms with Crippen LogP contribution in [0.25, 0.3) is 0 Å². The van der Waals surface area contributed by atoms with Gasteiger partial charge < -0.3 is 10.5 Å². The van der Waals surface area contributed by atoms with Gasteiger partial charge in [0.1, 0.15) is 0 Å². The Bertz CT molecular complexity index is 360. The molecule has 1 aromatic rings. The second-order valence-corrected chi connectivity index (χ2v) is 3.52. The first-order valence-electron chi connectivity index (χ1n) is 5.12. The fourth-order valence-corrected chi connectivity index (χ4v) is 1.17. The lowest BCUT2D eigenvalue weighted by Gasteiger charge is -2.08. The smallest absolute Gasteiger partial charge is 0.0732 e. The van der Waals surface area contributed by atoms with Gasteiger partial charge >= 0.3 is 0 Å². The molecule has 0 radical (unpaired) electrons. The third kappa shape index (κ3) is 4.16. The van der Waals surface area contributed by atoms with Crippen LogP contribution in [0, 0.1) is 11.8 Å². The third-order valence-corrected chi connectivity index (χ3v) is 1.91. The predicted octanol–water partition coefficient (Wildman–Crippen LogP) is 1.92. The van der Waals surface area contributed by atoms with E-state index in [1.165, 1.54) is 0 Å². The average molecular weight is 203 g/mol. The van der Waals surface area contributed by atoms with Crippen molar-refractivity contribution in [1.29, 1.82) is 0 Å². The van der Waals surface area contributed by atoms with Crippen molar-refractivity contribution in [2.24, 2.45) is 5.73 Å². The van der Waals surface area contributed by atoms with Crippen LogP contribution in [0.2, 0.25) is 0 Å². The molecule has 0 aliphatic carbocycles. The molecule has 80 valence electrons. The molecule has 0 heterocycles. The number of hydrogen-bond acceptors (Lipinski definition) is 2. The Kier molecular flexibility index (Phi) is 4.89. The number of nitrogens with two attached hydrogens (primary N) is 1. The molecule has 0 aliphatic rings. The van der Waals surface area contributed by atoms with Crippen molar-refractivity contribution in [3.05, 3.63) is 35.4 Å². The standard InChI is InChI=1S/C13H17NO/c1-11(2)15-10-13-7-4-3-6-12(13)8-5-9-14/h3-4,6-7,11H,9-10,14H2,1-2H3.